The number of rotatable bonds is 6. The van der Waals surface area contributed by atoms with Crippen LogP contribution in [0.15, 0.2) is 18.3 Å². The molecule has 148 valence electrons. The molecule has 26 heavy (non-hydrogen) atoms. The van der Waals surface area contributed by atoms with Gasteiger partial charge in [0, 0.05) is 31.4 Å². The SMILES string of the molecule is CC(N)C1CCN(C(=O)c2ccc(OCC(F)(F)C(F)F)nc2)CC1.Cl. The quantitative estimate of drug-likeness (QED) is 0.747. The average Bonchev–Trinajstić information content (AvgIpc) is 2.60. The number of amides is 1. The first-order valence-electron chi connectivity index (χ1n) is 8.00. The van der Waals surface area contributed by atoms with Gasteiger partial charge in [0.2, 0.25) is 5.88 Å². The highest BCUT2D eigenvalue weighted by molar-refractivity contribution is 5.94. The highest BCUT2D eigenvalue weighted by Crippen LogP contribution is 2.24. The van der Waals surface area contributed by atoms with Gasteiger partial charge < -0.3 is 15.4 Å². The third-order valence-corrected chi connectivity index (χ3v) is 4.29. The van der Waals surface area contributed by atoms with Gasteiger partial charge in [0.15, 0.2) is 6.61 Å². The lowest BCUT2D eigenvalue weighted by Crippen LogP contribution is -2.42. The number of alkyl halides is 4. The molecule has 1 fully saturated rings. The standard InChI is InChI=1S/C16H21F4N3O2.ClH/c1-10(21)11-4-6-23(7-5-11)14(24)12-2-3-13(22-8-12)25-9-16(19,20)15(17)18;/h2-3,8,10-11,15H,4-7,9,21H2,1H3;1H. The van der Waals surface area contributed by atoms with Crippen LogP contribution < -0.4 is 10.5 Å². The fraction of sp³-hybridized carbons (Fsp3) is 0.625. The van der Waals surface area contributed by atoms with Crippen LogP contribution >= 0.6 is 12.4 Å². The lowest BCUT2D eigenvalue weighted by molar-refractivity contribution is -0.148. The Balaban J connectivity index is 0.00000338. The molecule has 2 N–H and O–H groups in total. The number of ether oxygens (including phenoxy) is 1. The molecule has 1 aliphatic heterocycles. The molecule has 1 atom stereocenters. The van der Waals surface area contributed by atoms with Crippen LogP contribution in [0.5, 0.6) is 5.88 Å². The monoisotopic (exact) mass is 399 g/mol. The first kappa shape index (κ1) is 22.4. The van der Waals surface area contributed by atoms with Crippen molar-refractivity contribution in [3.63, 3.8) is 0 Å². The first-order chi connectivity index (χ1) is 11.7. The summed E-state index contributed by atoms with van der Waals surface area (Å²) in [5, 5.41) is 0. The number of aromatic nitrogens is 1. The van der Waals surface area contributed by atoms with Gasteiger partial charge >= 0.3 is 12.3 Å². The maximum absolute atomic E-state index is 12.8. The summed E-state index contributed by atoms with van der Waals surface area (Å²) in [5.74, 6) is -4.33. The molecule has 0 radical (unpaired) electrons. The Hall–Kier alpha value is -1.61. The van der Waals surface area contributed by atoms with Crippen molar-refractivity contribution in [2.24, 2.45) is 11.7 Å². The van der Waals surface area contributed by atoms with Crippen LogP contribution in [0.2, 0.25) is 0 Å². The molecule has 0 bridgehead atoms. The van der Waals surface area contributed by atoms with Gasteiger partial charge in [-0.1, -0.05) is 0 Å². The van der Waals surface area contributed by atoms with Crippen LogP contribution in [-0.4, -0.2) is 53.9 Å². The number of halogens is 5. The van der Waals surface area contributed by atoms with E-state index in [-0.39, 0.29) is 35.8 Å². The molecule has 2 rings (SSSR count). The zero-order chi connectivity index (χ0) is 18.6. The summed E-state index contributed by atoms with van der Waals surface area (Å²) in [6.45, 7) is 1.64. The summed E-state index contributed by atoms with van der Waals surface area (Å²) in [7, 11) is 0. The van der Waals surface area contributed by atoms with Gasteiger partial charge in [-0.25, -0.2) is 13.8 Å². The Morgan fingerprint density at radius 2 is 2.00 bits per heavy atom. The van der Waals surface area contributed by atoms with Gasteiger partial charge in [-0.3, -0.25) is 4.79 Å². The zero-order valence-electron chi connectivity index (χ0n) is 14.2. The molecule has 0 saturated carbocycles. The smallest absolute Gasteiger partial charge is 0.340 e. The third-order valence-electron chi connectivity index (χ3n) is 4.29. The van der Waals surface area contributed by atoms with Crippen LogP contribution in [0.1, 0.15) is 30.1 Å². The molecule has 1 unspecified atom stereocenters. The number of nitrogens with zero attached hydrogens (tertiary/aromatic N) is 2. The second-order valence-electron chi connectivity index (χ2n) is 6.22. The van der Waals surface area contributed by atoms with Crippen molar-refractivity contribution in [1.29, 1.82) is 0 Å². The Morgan fingerprint density at radius 3 is 2.46 bits per heavy atom. The van der Waals surface area contributed by atoms with E-state index >= 15 is 0 Å². The number of carbonyl (C=O) groups excluding carboxylic acids is 1. The molecular weight excluding hydrogens is 378 g/mol. The third kappa shape index (κ3) is 5.70. The highest BCUT2D eigenvalue weighted by Gasteiger charge is 2.41. The minimum absolute atomic E-state index is 0. The summed E-state index contributed by atoms with van der Waals surface area (Å²) in [6, 6.07) is 2.67. The molecule has 1 aromatic rings. The molecule has 1 amide bonds. The predicted octanol–water partition coefficient (Wildman–Crippen LogP) is 2.98. The number of nitrogens with two attached hydrogens (primary N) is 1. The number of carbonyl (C=O) groups is 1. The molecule has 0 spiro atoms. The maximum Gasteiger partial charge on any atom is 0.340 e. The van der Waals surface area contributed by atoms with Crippen molar-refractivity contribution in [3.8, 4) is 5.88 Å². The molecule has 1 aliphatic rings. The average molecular weight is 400 g/mol. The Bertz CT molecular complexity index is 579. The fourth-order valence-electron chi connectivity index (χ4n) is 2.64. The minimum Gasteiger partial charge on any atom is -0.471 e. The summed E-state index contributed by atoms with van der Waals surface area (Å²) >= 11 is 0. The van der Waals surface area contributed by atoms with Crippen LogP contribution in [0.4, 0.5) is 17.6 Å². The van der Waals surface area contributed by atoms with Gasteiger partial charge in [-0.15, -0.1) is 12.4 Å². The van der Waals surface area contributed by atoms with E-state index in [1.807, 2.05) is 6.92 Å². The second kappa shape index (κ2) is 9.36. The van der Waals surface area contributed by atoms with Crippen molar-refractivity contribution in [2.45, 2.75) is 38.2 Å². The van der Waals surface area contributed by atoms with Crippen LogP contribution in [0.25, 0.3) is 0 Å². The highest BCUT2D eigenvalue weighted by atomic mass is 35.5. The van der Waals surface area contributed by atoms with Crippen molar-refractivity contribution in [3.05, 3.63) is 23.9 Å². The number of hydrogen-bond donors (Lipinski definition) is 1. The zero-order valence-corrected chi connectivity index (χ0v) is 15.0. The Morgan fingerprint density at radius 1 is 1.38 bits per heavy atom. The van der Waals surface area contributed by atoms with Crippen LogP contribution in [0.3, 0.4) is 0 Å². The minimum atomic E-state index is -4.25. The van der Waals surface area contributed by atoms with E-state index in [1.165, 1.54) is 18.3 Å². The molecule has 0 aliphatic carbocycles. The van der Waals surface area contributed by atoms with Crippen molar-refractivity contribution in [1.82, 2.24) is 9.88 Å². The maximum atomic E-state index is 12.8. The fourth-order valence-corrected chi connectivity index (χ4v) is 2.64. The Kier molecular flexibility index (Phi) is 8.08. The van der Waals surface area contributed by atoms with E-state index in [9.17, 15) is 22.4 Å². The lowest BCUT2D eigenvalue weighted by Gasteiger charge is -2.33. The van der Waals surface area contributed by atoms with Gasteiger partial charge in [-0.05, 0) is 31.7 Å². The summed E-state index contributed by atoms with van der Waals surface area (Å²) in [5.41, 5.74) is 6.15. The number of pyridine rings is 1. The molecule has 1 saturated heterocycles. The van der Waals surface area contributed by atoms with Gasteiger partial charge in [0.25, 0.3) is 5.91 Å². The first-order valence-corrected chi connectivity index (χ1v) is 8.00. The molecule has 5 nitrogen and oxygen atoms in total. The molecule has 0 aromatic carbocycles. The largest absolute Gasteiger partial charge is 0.471 e. The van der Waals surface area contributed by atoms with Crippen molar-refractivity contribution in [2.75, 3.05) is 19.7 Å². The number of hydrogen-bond acceptors (Lipinski definition) is 4. The van der Waals surface area contributed by atoms with E-state index in [0.717, 1.165) is 12.8 Å². The number of likely N-dealkylation sites (tertiary alicyclic amines) is 1. The van der Waals surface area contributed by atoms with Gasteiger partial charge in [0.1, 0.15) is 0 Å². The normalized spacial score (nSPS) is 17.0. The van der Waals surface area contributed by atoms with Gasteiger partial charge in [0.05, 0.1) is 5.56 Å². The van der Waals surface area contributed by atoms with E-state index in [4.69, 9.17) is 5.73 Å². The van der Waals surface area contributed by atoms with E-state index < -0.39 is 19.0 Å². The van der Waals surface area contributed by atoms with E-state index in [2.05, 4.69) is 9.72 Å². The van der Waals surface area contributed by atoms with Crippen molar-refractivity contribution >= 4 is 18.3 Å². The van der Waals surface area contributed by atoms with Crippen LogP contribution in [-0.2, 0) is 0 Å². The second-order valence-corrected chi connectivity index (χ2v) is 6.22. The molecule has 2 heterocycles. The summed E-state index contributed by atoms with van der Waals surface area (Å²) in [6.07, 6.45) is -0.982. The summed E-state index contributed by atoms with van der Waals surface area (Å²) in [4.78, 5) is 17.8. The van der Waals surface area contributed by atoms with E-state index in [0.29, 0.717) is 19.0 Å². The van der Waals surface area contributed by atoms with E-state index in [1.54, 1.807) is 4.90 Å². The van der Waals surface area contributed by atoms with Crippen LogP contribution in [0, 0.1) is 5.92 Å². The predicted molar refractivity (Wildman–Crippen MR) is 90.2 cm³/mol. The summed E-state index contributed by atoms with van der Waals surface area (Å²) < 4.78 is 54.3. The molecular formula is C16H22ClF4N3O2. The topological polar surface area (TPSA) is 68.5 Å². The molecule has 10 heteroatoms. The Labute approximate surface area is 155 Å². The van der Waals surface area contributed by atoms with Gasteiger partial charge in [-0.2, -0.15) is 8.78 Å². The van der Waals surface area contributed by atoms with Crippen molar-refractivity contribution < 1.29 is 27.1 Å². The molecule has 1 aromatic heterocycles. The lowest BCUT2D eigenvalue weighted by atomic mass is 9.91. The number of piperidine rings is 1.